The number of halogens is 1. The topological polar surface area (TPSA) is 105 Å². The second-order valence-electron chi connectivity index (χ2n) is 4.21. The molecule has 112 valence electrons. The van der Waals surface area contributed by atoms with E-state index in [1.807, 2.05) is 0 Å². The van der Waals surface area contributed by atoms with E-state index in [2.05, 4.69) is 10.0 Å². The van der Waals surface area contributed by atoms with Crippen molar-refractivity contribution in [3.05, 3.63) is 24.0 Å². The highest BCUT2D eigenvalue weighted by Crippen LogP contribution is 2.18. The van der Waals surface area contributed by atoms with Crippen LogP contribution in [0.4, 0.5) is 14.9 Å². The van der Waals surface area contributed by atoms with E-state index in [-0.39, 0.29) is 29.7 Å². The van der Waals surface area contributed by atoms with Crippen molar-refractivity contribution in [2.24, 2.45) is 0 Å². The lowest BCUT2D eigenvalue weighted by Gasteiger charge is -2.13. The van der Waals surface area contributed by atoms with E-state index in [0.717, 1.165) is 18.2 Å². The van der Waals surface area contributed by atoms with Gasteiger partial charge in [0, 0.05) is 27.2 Å². The molecule has 1 aromatic rings. The van der Waals surface area contributed by atoms with Gasteiger partial charge in [-0.1, -0.05) is 0 Å². The number of nitrogens with zero attached hydrogens (tertiary/aromatic N) is 1. The molecule has 0 saturated carbocycles. The largest absolute Gasteiger partial charge is 0.398 e. The summed E-state index contributed by atoms with van der Waals surface area (Å²) < 4.78 is 38.9. The zero-order chi connectivity index (χ0) is 15.3. The molecule has 0 aliphatic carbocycles. The lowest BCUT2D eigenvalue weighted by atomic mass is 10.3. The van der Waals surface area contributed by atoms with E-state index >= 15 is 0 Å². The minimum absolute atomic E-state index is 0.00126. The summed E-state index contributed by atoms with van der Waals surface area (Å²) in [6, 6.07) is 2.71. The minimum Gasteiger partial charge on any atom is -0.398 e. The van der Waals surface area contributed by atoms with Gasteiger partial charge in [-0.25, -0.2) is 22.3 Å². The molecule has 1 aromatic carbocycles. The van der Waals surface area contributed by atoms with Crippen LogP contribution >= 0.6 is 0 Å². The lowest BCUT2D eigenvalue weighted by molar-refractivity contribution is 0.217. The Balaban J connectivity index is 2.60. The third kappa shape index (κ3) is 4.35. The Kier molecular flexibility index (Phi) is 5.28. The highest BCUT2D eigenvalue weighted by atomic mass is 32.2. The number of hydrogen-bond acceptors (Lipinski definition) is 4. The van der Waals surface area contributed by atoms with Crippen molar-refractivity contribution in [1.29, 1.82) is 0 Å². The Bertz CT molecular complexity index is 589. The van der Waals surface area contributed by atoms with Gasteiger partial charge in [0.25, 0.3) is 0 Å². The molecule has 0 atom stereocenters. The maximum Gasteiger partial charge on any atom is 0.316 e. The summed E-state index contributed by atoms with van der Waals surface area (Å²) >= 11 is 0. The number of nitrogen functional groups attached to an aromatic ring is 1. The second-order valence-corrected chi connectivity index (χ2v) is 5.94. The molecular formula is C11H17FN4O3S. The van der Waals surface area contributed by atoms with Gasteiger partial charge in [0.05, 0.1) is 5.69 Å². The van der Waals surface area contributed by atoms with Crippen molar-refractivity contribution in [3.8, 4) is 0 Å². The van der Waals surface area contributed by atoms with Crippen LogP contribution in [0.25, 0.3) is 0 Å². The maximum atomic E-state index is 12.9. The van der Waals surface area contributed by atoms with Crippen LogP contribution in [0.2, 0.25) is 0 Å². The van der Waals surface area contributed by atoms with Crippen molar-refractivity contribution in [2.45, 2.75) is 4.90 Å². The van der Waals surface area contributed by atoms with Gasteiger partial charge in [0.1, 0.15) is 10.7 Å². The average molecular weight is 304 g/mol. The third-order valence-electron chi connectivity index (χ3n) is 2.36. The number of amides is 2. The Hall–Kier alpha value is -1.87. The molecule has 0 bridgehead atoms. The summed E-state index contributed by atoms with van der Waals surface area (Å²) in [7, 11) is -0.696. The molecule has 0 aromatic heterocycles. The normalized spacial score (nSPS) is 11.2. The molecule has 0 heterocycles. The molecule has 0 saturated heterocycles. The molecule has 2 amide bonds. The molecule has 4 N–H and O–H groups in total. The van der Waals surface area contributed by atoms with Crippen molar-refractivity contribution >= 4 is 21.7 Å². The lowest BCUT2D eigenvalue weighted by Crippen LogP contribution is -2.39. The van der Waals surface area contributed by atoms with Crippen molar-refractivity contribution in [1.82, 2.24) is 14.9 Å². The molecule has 0 fully saturated rings. The number of sulfonamides is 1. The van der Waals surface area contributed by atoms with Gasteiger partial charge >= 0.3 is 6.03 Å². The average Bonchev–Trinajstić information content (AvgIpc) is 2.33. The smallest absolute Gasteiger partial charge is 0.316 e. The van der Waals surface area contributed by atoms with Gasteiger partial charge in [-0.15, -0.1) is 0 Å². The van der Waals surface area contributed by atoms with Crippen LogP contribution in [0.15, 0.2) is 23.1 Å². The Morgan fingerprint density at radius 3 is 2.55 bits per heavy atom. The standard InChI is InChI=1S/C11H17FN4O3S/c1-16(2)11(17)14-5-6-15-20(18,19)10-4-3-8(12)7-9(10)13/h3-4,7,15H,5-6,13H2,1-2H3,(H,14,17). The van der Waals surface area contributed by atoms with Crippen LogP contribution < -0.4 is 15.8 Å². The second kappa shape index (κ2) is 6.53. The molecule has 0 unspecified atom stereocenters. The van der Waals surface area contributed by atoms with Crippen LogP contribution in [0.3, 0.4) is 0 Å². The number of urea groups is 1. The van der Waals surface area contributed by atoms with E-state index in [0.29, 0.717) is 0 Å². The molecule has 0 aliphatic heterocycles. The quantitative estimate of drug-likeness (QED) is 0.524. The van der Waals surface area contributed by atoms with Gasteiger partial charge in [0.15, 0.2) is 0 Å². The molecular weight excluding hydrogens is 287 g/mol. The SMILES string of the molecule is CN(C)C(=O)NCCNS(=O)(=O)c1ccc(F)cc1N. The van der Waals surface area contributed by atoms with Crippen LogP contribution in [0.5, 0.6) is 0 Å². The van der Waals surface area contributed by atoms with E-state index in [1.54, 1.807) is 14.1 Å². The number of rotatable bonds is 5. The number of hydrogen-bond donors (Lipinski definition) is 3. The fraction of sp³-hybridized carbons (Fsp3) is 0.364. The number of benzene rings is 1. The molecule has 9 heteroatoms. The van der Waals surface area contributed by atoms with Crippen LogP contribution in [-0.4, -0.2) is 46.5 Å². The first-order valence-electron chi connectivity index (χ1n) is 5.74. The predicted octanol–water partition coefficient (Wildman–Crippen LogP) is -0.0426. The van der Waals surface area contributed by atoms with Gasteiger partial charge in [-0.05, 0) is 18.2 Å². The summed E-state index contributed by atoms with van der Waals surface area (Å²) in [6.07, 6.45) is 0. The van der Waals surface area contributed by atoms with E-state index in [9.17, 15) is 17.6 Å². The molecule has 0 spiro atoms. The first-order chi connectivity index (χ1) is 9.24. The molecule has 0 radical (unpaired) electrons. The van der Waals surface area contributed by atoms with Gasteiger partial charge < -0.3 is 16.0 Å². The molecule has 0 aliphatic rings. The number of carbonyl (C=O) groups is 1. The number of anilines is 1. The molecule has 1 rings (SSSR count). The maximum absolute atomic E-state index is 12.9. The highest BCUT2D eigenvalue weighted by molar-refractivity contribution is 7.89. The molecule has 7 nitrogen and oxygen atoms in total. The number of carbonyl (C=O) groups excluding carboxylic acids is 1. The van der Waals surface area contributed by atoms with Crippen LogP contribution in [0, 0.1) is 5.82 Å². The summed E-state index contributed by atoms with van der Waals surface area (Å²) in [5.74, 6) is -0.611. The van der Waals surface area contributed by atoms with E-state index in [1.165, 1.54) is 4.90 Å². The van der Waals surface area contributed by atoms with Crippen LogP contribution in [0.1, 0.15) is 0 Å². The highest BCUT2D eigenvalue weighted by Gasteiger charge is 2.17. The monoisotopic (exact) mass is 304 g/mol. The summed E-state index contributed by atoms with van der Waals surface area (Å²) in [5.41, 5.74) is 5.29. The predicted molar refractivity (Wildman–Crippen MR) is 73.1 cm³/mol. The summed E-state index contributed by atoms with van der Waals surface area (Å²) in [6.45, 7) is 0.121. The van der Waals surface area contributed by atoms with E-state index in [4.69, 9.17) is 5.73 Å². The Labute approximate surface area is 117 Å². The zero-order valence-corrected chi connectivity index (χ0v) is 12.0. The number of nitrogens with one attached hydrogen (secondary N) is 2. The Morgan fingerprint density at radius 2 is 2.00 bits per heavy atom. The zero-order valence-electron chi connectivity index (χ0n) is 11.2. The first kappa shape index (κ1) is 16.2. The van der Waals surface area contributed by atoms with Gasteiger partial charge in [-0.2, -0.15) is 0 Å². The van der Waals surface area contributed by atoms with Crippen molar-refractivity contribution in [2.75, 3.05) is 32.9 Å². The fourth-order valence-corrected chi connectivity index (χ4v) is 2.50. The summed E-state index contributed by atoms with van der Waals surface area (Å²) in [5, 5.41) is 2.50. The first-order valence-corrected chi connectivity index (χ1v) is 7.22. The Morgan fingerprint density at radius 1 is 1.35 bits per heavy atom. The van der Waals surface area contributed by atoms with Crippen molar-refractivity contribution in [3.63, 3.8) is 0 Å². The third-order valence-corrected chi connectivity index (χ3v) is 3.90. The van der Waals surface area contributed by atoms with E-state index < -0.39 is 15.8 Å². The van der Waals surface area contributed by atoms with Gasteiger partial charge in [0.2, 0.25) is 10.0 Å². The van der Waals surface area contributed by atoms with Crippen molar-refractivity contribution < 1.29 is 17.6 Å². The van der Waals surface area contributed by atoms with Gasteiger partial charge in [-0.3, -0.25) is 0 Å². The number of nitrogens with two attached hydrogens (primary N) is 1. The molecule has 20 heavy (non-hydrogen) atoms. The minimum atomic E-state index is -3.83. The van der Waals surface area contributed by atoms with Crippen LogP contribution in [-0.2, 0) is 10.0 Å². The summed E-state index contributed by atoms with van der Waals surface area (Å²) in [4.78, 5) is 12.3. The fourth-order valence-electron chi connectivity index (χ4n) is 1.35.